The van der Waals surface area contributed by atoms with E-state index in [1.807, 2.05) is 0 Å². The summed E-state index contributed by atoms with van der Waals surface area (Å²) in [6.07, 6.45) is -1.16. The van der Waals surface area contributed by atoms with E-state index < -0.39 is 17.6 Å². The van der Waals surface area contributed by atoms with Crippen LogP contribution in [0.1, 0.15) is 12.0 Å². The normalized spacial score (nSPS) is 16.6. The van der Waals surface area contributed by atoms with Gasteiger partial charge in [0.2, 0.25) is 0 Å². The highest BCUT2D eigenvalue weighted by atomic mass is 19.4. The lowest BCUT2D eigenvalue weighted by Crippen LogP contribution is -2.17. The second-order valence-electron chi connectivity index (χ2n) is 4.68. The molecule has 2 heterocycles. The molecule has 0 saturated heterocycles. The van der Waals surface area contributed by atoms with E-state index in [1.165, 1.54) is 24.5 Å². The lowest BCUT2D eigenvalue weighted by molar-refractivity contribution is -0.137. The Hall–Kier alpha value is -2.77. The van der Waals surface area contributed by atoms with Crippen molar-refractivity contribution >= 4 is 17.4 Å². The number of amidine groups is 1. The predicted octanol–water partition coefficient (Wildman–Crippen LogP) is 3.68. The van der Waals surface area contributed by atoms with Crippen LogP contribution < -0.4 is 5.32 Å². The van der Waals surface area contributed by atoms with Gasteiger partial charge in [0, 0.05) is 29.5 Å². The van der Waals surface area contributed by atoms with E-state index in [0.717, 1.165) is 17.7 Å². The van der Waals surface area contributed by atoms with Gasteiger partial charge < -0.3 is 5.32 Å². The summed E-state index contributed by atoms with van der Waals surface area (Å²) >= 11 is 0. The van der Waals surface area contributed by atoms with Crippen LogP contribution in [-0.2, 0) is 11.0 Å². The molecule has 0 spiro atoms. The fourth-order valence-corrected chi connectivity index (χ4v) is 1.99. The van der Waals surface area contributed by atoms with Crippen molar-refractivity contribution in [3.05, 3.63) is 53.4 Å². The van der Waals surface area contributed by atoms with Crippen molar-refractivity contribution in [3.8, 4) is 0 Å². The van der Waals surface area contributed by atoms with E-state index >= 15 is 0 Å². The average Bonchev–Trinajstić information content (AvgIpc) is 2.94. The molecule has 0 saturated carbocycles. The molecule has 22 heavy (non-hydrogen) atoms. The first-order valence-electron chi connectivity index (χ1n) is 6.29. The Bertz CT molecular complexity index is 742. The lowest BCUT2D eigenvalue weighted by atomic mass is 10.0. The highest BCUT2D eigenvalue weighted by Gasteiger charge is 2.30. The molecular formula is C14H9F3N4O. The molecule has 0 aromatic heterocycles. The van der Waals surface area contributed by atoms with Crippen LogP contribution in [0.25, 0.3) is 0 Å². The van der Waals surface area contributed by atoms with Crippen LogP contribution >= 0.6 is 0 Å². The van der Waals surface area contributed by atoms with E-state index in [-0.39, 0.29) is 5.69 Å². The minimum Gasteiger partial charge on any atom is -0.322 e. The molecule has 1 amide bonds. The molecule has 1 N–H and O–H groups in total. The quantitative estimate of drug-likeness (QED) is 0.890. The Morgan fingerprint density at radius 3 is 2.55 bits per heavy atom. The Morgan fingerprint density at radius 2 is 1.86 bits per heavy atom. The summed E-state index contributed by atoms with van der Waals surface area (Å²) in [6, 6.07) is 4.24. The van der Waals surface area contributed by atoms with Gasteiger partial charge in [0.1, 0.15) is 0 Å². The number of halogens is 3. The van der Waals surface area contributed by atoms with Gasteiger partial charge in [0.25, 0.3) is 5.91 Å². The zero-order valence-electron chi connectivity index (χ0n) is 11.1. The second kappa shape index (κ2) is 5.21. The molecule has 3 rings (SSSR count). The van der Waals surface area contributed by atoms with Gasteiger partial charge in [0.05, 0.1) is 11.8 Å². The van der Waals surface area contributed by atoms with Gasteiger partial charge in [-0.25, -0.2) is 4.99 Å². The van der Waals surface area contributed by atoms with Crippen LogP contribution in [-0.4, -0.2) is 11.7 Å². The molecule has 1 aromatic carbocycles. The summed E-state index contributed by atoms with van der Waals surface area (Å²) in [5.74, 6) is 0.0569. The topological polar surface area (TPSA) is 66.2 Å². The number of carbonyl (C=O) groups excluding carboxylic acids is 1. The zero-order valence-corrected chi connectivity index (χ0v) is 11.1. The van der Waals surface area contributed by atoms with E-state index in [1.54, 1.807) is 0 Å². The van der Waals surface area contributed by atoms with Crippen molar-refractivity contribution in [1.29, 1.82) is 0 Å². The molecule has 112 valence electrons. The number of hydrogen-bond acceptors (Lipinski definition) is 4. The number of aliphatic imine (C=N–C) groups is 1. The highest BCUT2D eigenvalue weighted by Crippen LogP contribution is 2.30. The molecule has 1 aromatic rings. The first kappa shape index (κ1) is 14.2. The molecule has 0 fully saturated rings. The zero-order chi connectivity index (χ0) is 15.7. The van der Waals surface area contributed by atoms with Gasteiger partial charge in [-0.3, -0.25) is 4.79 Å². The smallest absolute Gasteiger partial charge is 0.322 e. The van der Waals surface area contributed by atoms with Gasteiger partial charge in [-0.1, -0.05) is 0 Å². The van der Waals surface area contributed by atoms with Crippen LogP contribution in [0.4, 0.5) is 18.9 Å². The number of amides is 1. The molecule has 0 aliphatic carbocycles. The SMILES string of the molecule is O=C(Nc1ccc(C(F)(F)F)cc1)C1=CN=C2N=NC=C2C1. The number of carbonyl (C=O) groups is 1. The van der Waals surface area contributed by atoms with E-state index in [2.05, 4.69) is 20.5 Å². The molecule has 5 nitrogen and oxygen atoms in total. The Morgan fingerprint density at radius 1 is 1.14 bits per heavy atom. The summed E-state index contributed by atoms with van der Waals surface area (Å²) in [6.45, 7) is 0. The maximum absolute atomic E-state index is 12.5. The summed E-state index contributed by atoms with van der Waals surface area (Å²) in [7, 11) is 0. The molecule has 2 aliphatic rings. The van der Waals surface area contributed by atoms with Gasteiger partial charge in [-0.2, -0.15) is 18.3 Å². The number of nitrogens with one attached hydrogen (secondary N) is 1. The number of nitrogens with zero attached hydrogens (tertiary/aromatic N) is 3. The van der Waals surface area contributed by atoms with Gasteiger partial charge in [-0.05, 0) is 24.3 Å². The van der Waals surface area contributed by atoms with Crippen LogP contribution in [0, 0.1) is 0 Å². The number of rotatable bonds is 2. The van der Waals surface area contributed by atoms with Crippen LogP contribution in [0.15, 0.2) is 63.0 Å². The van der Waals surface area contributed by atoms with Crippen molar-refractivity contribution in [2.75, 3.05) is 5.32 Å². The first-order chi connectivity index (χ1) is 10.4. The van der Waals surface area contributed by atoms with Crippen LogP contribution in [0.5, 0.6) is 0 Å². The molecule has 2 aliphatic heterocycles. The largest absolute Gasteiger partial charge is 0.416 e. The van der Waals surface area contributed by atoms with Crippen molar-refractivity contribution in [1.82, 2.24) is 0 Å². The predicted molar refractivity (Wildman–Crippen MR) is 73.1 cm³/mol. The summed E-state index contributed by atoms with van der Waals surface area (Å²) in [5, 5.41) is 10.0. The standard InChI is InChI=1S/C14H9F3N4O/c15-14(16,17)10-1-3-11(4-2-10)20-13(22)9-5-8-7-19-21-12(8)18-6-9/h1-4,6-7H,5H2,(H,20,22). The van der Waals surface area contributed by atoms with E-state index in [9.17, 15) is 18.0 Å². The van der Waals surface area contributed by atoms with Gasteiger partial charge in [0.15, 0.2) is 5.84 Å². The monoisotopic (exact) mass is 306 g/mol. The Labute approximate surface area is 123 Å². The summed E-state index contributed by atoms with van der Waals surface area (Å²) < 4.78 is 37.4. The Kier molecular flexibility index (Phi) is 3.36. The maximum Gasteiger partial charge on any atom is 0.416 e. The third-order valence-electron chi connectivity index (χ3n) is 3.14. The molecule has 0 bridgehead atoms. The van der Waals surface area contributed by atoms with Crippen molar-refractivity contribution in [2.24, 2.45) is 15.2 Å². The van der Waals surface area contributed by atoms with Gasteiger partial charge in [-0.15, -0.1) is 5.11 Å². The number of azo groups is 1. The molecule has 0 atom stereocenters. The molecular weight excluding hydrogens is 297 g/mol. The average molecular weight is 306 g/mol. The van der Waals surface area contributed by atoms with Crippen LogP contribution in [0.2, 0.25) is 0 Å². The fourth-order valence-electron chi connectivity index (χ4n) is 1.99. The molecule has 0 unspecified atom stereocenters. The number of fused-ring (bicyclic) bond motifs is 1. The number of anilines is 1. The summed E-state index contributed by atoms with van der Waals surface area (Å²) in [5.41, 5.74) is 0.640. The van der Waals surface area contributed by atoms with E-state index in [4.69, 9.17) is 0 Å². The van der Waals surface area contributed by atoms with Crippen molar-refractivity contribution in [3.63, 3.8) is 0 Å². The minimum absolute atomic E-state index is 0.281. The maximum atomic E-state index is 12.5. The number of benzene rings is 1. The lowest BCUT2D eigenvalue weighted by Gasteiger charge is -2.12. The van der Waals surface area contributed by atoms with E-state index in [0.29, 0.717) is 17.8 Å². The number of alkyl halides is 3. The third kappa shape index (κ3) is 2.80. The third-order valence-corrected chi connectivity index (χ3v) is 3.14. The van der Waals surface area contributed by atoms with Crippen LogP contribution in [0.3, 0.4) is 0 Å². The molecule has 8 heteroatoms. The second-order valence-corrected chi connectivity index (χ2v) is 4.68. The highest BCUT2D eigenvalue weighted by molar-refractivity contribution is 6.09. The Balaban J connectivity index is 1.70. The summed E-state index contributed by atoms with van der Waals surface area (Å²) in [4.78, 5) is 16.1. The van der Waals surface area contributed by atoms with Crippen molar-refractivity contribution in [2.45, 2.75) is 12.6 Å². The fraction of sp³-hybridized carbons (Fsp3) is 0.143. The van der Waals surface area contributed by atoms with Crippen molar-refractivity contribution < 1.29 is 18.0 Å². The molecule has 0 radical (unpaired) electrons. The minimum atomic E-state index is -4.40. The first-order valence-corrected chi connectivity index (χ1v) is 6.29. The number of hydrogen-bond donors (Lipinski definition) is 1. The van der Waals surface area contributed by atoms with Gasteiger partial charge >= 0.3 is 6.18 Å².